The first kappa shape index (κ1) is 11.5. The lowest BCUT2D eigenvalue weighted by atomic mass is 10.2. The van der Waals surface area contributed by atoms with Crippen LogP contribution in [0.3, 0.4) is 0 Å². The average molecular weight is 240 g/mol. The van der Waals surface area contributed by atoms with E-state index in [9.17, 15) is 4.79 Å². The standard InChI is InChI=1S/C11H16N2O2S/c14-11(6-9-8-16-5-3-12-9)13-7-10-2-1-4-15-10/h1-2,4,9,12H,3,5-8H2,(H,13,14). The second-order valence-electron chi connectivity index (χ2n) is 3.79. The highest BCUT2D eigenvalue weighted by Gasteiger charge is 2.16. The third-order valence-corrected chi connectivity index (χ3v) is 3.60. The summed E-state index contributed by atoms with van der Waals surface area (Å²) in [6, 6.07) is 3.99. The van der Waals surface area contributed by atoms with Crippen molar-refractivity contribution in [1.29, 1.82) is 0 Å². The van der Waals surface area contributed by atoms with Crippen LogP contribution in [-0.4, -0.2) is 30.0 Å². The number of thioether (sulfide) groups is 1. The van der Waals surface area contributed by atoms with E-state index < -0.39 is 0 Å². The fourth-order valence-electron chi connectivity index (χ4n) is 1.65. The number of hydrogen-bond acceptors (Lipinski definition) is 4. The molecule has 1 aromatic heterocycles. The highest BCUT2D eigenvalue weighted by atomic mass is 32.2. The summed E-state index contributed by atoms with van der Waals surface area (Å²) in [4.78, 5) is 11.6. The zero-order chi connectivity index (χ0) is 11.2. The van der Waals surface area contributed by atoms with Gasteiger partial charge in [-0.1, -0.05) is 0 Å². The summed E-state index contributed by atoms with van der Waals surface area (Å²) in [5, 5.41) is 6.19. The van der Waals surface area contributed by atoms with Crippen LogP contribution in [0.5, 0.6) is 0 Å². The van der Waals surface area contributed by atoms with Gasteiger partial charge in [0.25, 0.3) is 0 Å². The molecule has 1 fully saturated rings. The van der Waals surface area contributed by atoms with E-state index in [0.717, 1.165) is 23.8 Å². The zero-order valence-corrected chi connectivity index (χ0v) is 9.89. The second kappa shape index (κ2) is 5.96. The van der Waals surface area contributed by atoms with Gasteiger partial charge in [0.15, 0.2) is 0 Å². The minimum absolute atomic E-state index is 0.0800. The Labute approximate surface area is 99.2 Å². The third kappa shape index (κ3) is 3.57. The van der Waals surface area contributed by atoms with Gasteiger partial charge in [0.2, 0.25) is 5.91 Å². The molecule has 2 heterocycles. The van der Waals surface area contributed by atoms with E-state index in [1.165, 1.54) is 0 Å². The summed E-state index contributed by atoms with van der Waals surface area (Å²) < 4.78 is 5.14. The number of amides is 1. The molecule has 1 atom stereocenters. The van der Waals surface area contributed by atoms with Gasteiger partial charge < -0.3 is 15.1 Å². The van der Waals surface area contributed by atoms with Gasteiger partial charge in [0.1, 0.15) is 5.76 Å². The molecule has 1 saturated heterocycles. The molecule has 0 spiro atoms. The Morgan fingerprint density at radius 2 is 2.62 bits per heavy atom. The first-order chi connectivity index (χ1) is 7.84. The summed E-state index contributed by atoms with van der Waals surface area (Å²) in [5.74, 6) is 3.04. The van der Waals surface area contributed by atoms with E-state index in [-0.39, 0.29) is 5.91 Å². The van der Waals surface area contributed by atoms with Crippen LogP contribution < -0.4 is 10.6 Å². The van der Waals surface area contributed by atoms with Crippen molar-refractivity contribution in [1.82, 2.24) is 10.6 Å². The van der Waals surface area contributed by atoms with Gasteiger partial charge in [-0.05, 0) is 12.1 Å². The molecule has 0 saturated carbocycles. The largest absolute Gasteiger partial charge is 0.467 e. The smallest absolute Gasteiger partial charge is 0.221 e. The van der Waals surface area contributed by atoms with Crippen LogP contribution in [0.1, 0.15) is 12.2 Å². The Morgan fingerprint density at radius 3 is 3.31 bits per heavy atom. The molecule has 16 heavy (non-hydrogen) atoms. The van der Waals surface area contributed by atoms with Crippen molar-refractivity contribution in [2.75, 3.05) is 18.1 Å². The molecule has 0 aromatic carbocycles. The lowest BCUT2D eigenvalue weighted by Gasteiger charge is -2.22. The molecular formula is C11H16N2O2S. The van der Waals surface area contributed by atoms with Crippen LogP contribution in [0.2, 0.25) is 0 Å². The number of carbonyl (C=O) groups is 1. The summed E-state index contributed by atoms with van der Waals surface area (Å²) >= 11 is 1.90. The van der Waals surface area contributed by atoms with Crippen LogP contribution in [0.15, 0.2) is 22.8 Å². The quantitative estimate of drug-likeness (QED) is 0.824. The van der Waals surface area contributed by atoms with Crippen molar-refractivity contribution < 1.29 is 9.21 Å². The molecule has 0 aliphatic carbocycles. The molecule has 88 valence electrons. The third-order valence-electron chi connectivity index (χ3n) is 2.47. The predicted molar refractivity (Wildman–Crippen MR) is 64.3 cm³/mol. The number of furan rings is 1. The average Bonchev–Trinajstić information content (AvgIpc) is 2.81. The summed E-state index contributed by atoms with van der Waals surface area (Å²) in [5.41, 5.74) is 0. The van der Waals surface area contributed by atoms with Crippen molar-refractivity contribution >= 4 is 17.7 Å². The highest BCUT2D eigenvalue weighted by Crippen LogP contribution is 2.10. The van der Waals surface area contributed by atoms with Crippen molar-refractivity contribution in [2.45, 2.75) is 19.0 Å². The molecule has 2 N–H and O–H groups in total. The lowest BCUT2D eigenvalue weighted by molar-refractivity contribution is -0.121. The van der Waals surface area contributed by atoms with Gasteiger partial charge in [0.05, 0.1) is 12.8 Å². The maximum Gasteiger partial charge on any atom is 0.221 e. The van der Waals surface area contributed by atoms with Crippen LogP contribution in [-0.2, 0) is 11.3 Å². The Morgan fingerprint density at radius 1 is 1.69 bits per heavy atom. The summed E-state index contributed by atoms with van der Waals surface area (Å²) in [6.07, 6.45) is 2.16. The second-order valence-corrected chi connectivity index (χ2v) is 4.94. The normalized spacial score (nSPS) is 20.6. The first-order valence-electron chi connectivity index (χ1n) is 5.45. The topological polar surface area (TPSA) is 54.3 Å². The molecule has 2 rings (SSSR count). The van der Waals surface area contributed by atoms with Gasteiger partial charge in [-0.2, -0.15) is 11.8 Å². The fraction of sp³-hybridized carbons (Fsp3) is 0.545. The summed E-state index contributed by atoms with van der Waals surface area (Å²) in [7, 11) is 0. The van der Waals surface area contributed by atoms with E-state index in [4.69, 9.17) is 4.42 Å². The van der Waals surface area contributed by atoms with E-state index in [0.29, 0.717) is 19.0 Å². The van der Waals surface area contributed by atoms with Crippen LogP contribution >= 0.6 is 11.8 Å². The molecule has 1 aliphatic rings. The van der Waals surface area contributed by atoms with Gasteiger partial charge in [-0.25, -0.2) is 0 Å². The predicted octanol–water partition coefficient (Wildman–Crippen LogP) is 0.991. The van der Waals surface area contributed by atoms with Crippen LogP contribution in [0.4, 0.5) is 0 Å². The Hall–Kier alpha value is -0.940. The van der Waals surface area contributed by atoms with Gasteiger partial charge in [-0.3, -0.25) is 4.79 Å². The Bertz CT molecular complexity index is 321. The van der Waals surface area contributed by atoms with Crippen molar-refractivity contribution in [3.05, 3.63) is 24.2 Å². The van der Waals surface area contributed by atoms with E-state index in [1.54, 1.807) is 6.26 Å². The van der Waals surface area contributed by atoms with Crippen molar-refractivity contribution in [3.63, 3.8) is 0 Å². The SMILES string of the molecule is O=C(CC1CSCCN1)NCc1ccco1. The summed E-state index contributed by atoms with van der Waals surface area (Å²) in [6.45, 7) is 1.48. The molecule has 1 aromatic rings. The Balaban J connectivity index is 1.67. The number of rotatable bonds is 4. The molecular weight excluding hydrogens is 224 g/mol. The molecule has 1 amide bonds. The van der Waals surface area contributed by atoms with Crippen molar-refractivity contribution in [2.24, 2.45) is 0 Å². The van der Waals surface area contributed by atoms with Crippen LogP contribution in [0.25, 0.3) is 0 Å². The van der Waals surface area contributed by atoms with E-state index in [1.807, 2.05) is 23.9 Å². The van der Waals surface area contributed by atoms with E-state index in [2.05, 4.69) is 10.6 Å². The maximum absolute atomic E-state index is 11.6. The van der Waals surface area contributed by atoms with E-state index >= 15 is 0 Å². The number of nitrogens with one attached hydrogen (secondary N) is 2. The monoisotopic (exact) mass is 240 g/mol. The number of carbonyl (C=O) groups excluding carboxylic acids is 1. The minimum atomic E-state index is 0.0800. The highest BCUT2D eigenvalue weighted by molar-refractivity contribution is 7.99. The molecule has 5 heteroatoms. The molecule has 4 nitrogen and oxygen atoms in total. The Kier molecular flexibility index (Phi) is 4.30. The van der Waals surface area contributed by atoms with Gasteiger partial charge >= 0.3 is 0 Å². The molecule has 0 bridgehead atoms. The molecule has 0 radical (unpaired) electrons. The molecule has 1 aliphatic heterocycles. The number of hydrogen-bond donors (Lipinski definition) is 2. The fourth-order valence-corrected chi connectivity index (χ4v) is 2.59. The lowest BCUT2D eigenvalue weighted by Crippen LogP contribution is -2.41. The first-order valence-corrected chi connectivity index (χ1v) is 6.60. The van der Waals surface area contributed by atoms with Crippen molar-refractivity contribution in [3.8, 4) is 0 Å². The van der Waals surface area contributed by atoms with Gasteiger partial charge in [-0.15, -0.1) is 0 Å². The molecule has 1 unspecified atom stereocenters. The van der Waals surface area contributed by atoms with Crippen LogP contribution in [0, 0.1) is 0 Å². The maximum atomic E-state index is 11.6. The van der Waals surface area contributed by atoms with Gasteiger partial charge in [0, 0.05) is 30.5 Å². The zero-order valence-electron chi connectivity index (χ0n) is 9.07. The minimum Gasteiger partial charge on any atom is -0.467 e.